The Morgan fingerprint density at radius 2 is 2.46 bits per heavy atom. The highest BCUT2D eigenvalue weighted by Gasteiger charge is 2.07. The topological polar surface area (TPSA) is 86.7 Å². The lowest BCUT2D eigenvalue weighted by molar-refractivity contribution is 0.0996. The number of nitrogens with zero attached hydrogens (tertiary/aromatic N) is 4. The van der Waals surface area contributed by atoms with Crippen molar-refractivity contribution in [2.24, 2.45) is 5.73 Å². The van der Waals surface area contributed by atoms with Crippen LogP contribution in [0.15, 0.2) is 17.8 Å². The van der Waals surface area contributed by atoms with Crippen LogP contribution in [0.25, 0.3) is 5.13 Å². The van der Waals surface area contributed by atoms with Gasteiger partial charge in [-0.05, 0) is 0 Å². The van der Waals surface area contributed by atoms with Gasteiger partial charge >= 0.3 is 0 Å². The van der Waals surface area contributed by atoms with Crippen molar-refractivity contribution < 1.29 is 4.79 Å². The van der Waals surface area contributed by atoms with Crippen LogP contribution in [-0.2, 0) is 0 Å². The molecule has 2 rings (SSSR count). The minimum absolute atomic E-state index is 0.246. The van der Waals surface area contributed by atoms with Gasteiger partial charge < -0.3 is 5.73 Å². The van der Waals surface area contributed by atoms with E-state index in [1.807, 2.05) is 0 Å². The van der Waals surface area contributed by atoms with Gasteiger partial charge in [0, 0.05) is 5.38 Å². The second-order valence-electron chi connectivity index (χ2n) is 2.23. The summed E-state index contributed by atoms with van der Waals surface area (Å²) in [5.74, 6) is -0.539. The van der Waals surface area contributed by atoms with E-state index >= 15 is 0 Å². The molecule has 0 saturated heterocycles. The standard InChI is InChI=1S/C6H5N5OS/c7-5(12)4-3-13-6(9-4)11-2-1-8-10-11/h1-3H,(H2,7,12). The number of hydrogen-bond acceptors (Lipinski definition) is 5. The van der Waals surface area contributed by atoms with Gasteiger partial charge in [0.25, 0.3) is 5.91 Å². The lowest BCUT2D eigenvalue weighted by Gasteiger charge is -1.89. The first kappa shape index (κ1) is 7.87. The van der Waals surface area contributed by atoms with Crippen LogP contribution in [0.3, 0.4) is 0 Å². The molecular weight excluding hydrogens is 190 g/mol. The van der Waals surface area contributed by atoms with Gasteiger partial charge in [-0.15, -0.1) is 16.4 Å². The zero-order chi connectivity index (χ0) is 9.26. The predicted molar refractivity (Wildman–Crippen MR) is 45.5 cm³/mol. The maximum atomic E-state index is 10.7. The molecule has 2 N–H and O–H groups in total. The first-order chi connectivity index (χ1) is 6.27. The molecule has 6 nitrogen and oxygen atoms in total. The van der Waals surface area contributed by atoms with E-state index < -0.39 is 5.91 Å². The van der Waals surface area contributed by atoms with E-state index in [4.69, 9.17) is 5.73 Å². The molecule has 0 aliphatic heterocycles. The Morgan fingerprint density at radius 3 is 3.00 bits per heavy atom. The van der Waals surface area contributed by atoms with Crippen LogP contribution in [0.4, 0.5) is 0 Å². The van der Waals surface area contributed by atoms with E-state index in [0.717, 1.165) is 0 Å². The summed E-state index contributed by atoms with van der Waals surface area (Å²) < 4.78 is 1.47. The second kappa shape index (κ2) is 2.94. The van der Waals surface area contributed by atoms with Crippen LogP contribution < -0.4 is 5.73 Å². The molecule has 7 heteroatoms. The van der Waals surface area contributed by atoms with Crippen LogP contribution in [0, 0.1) is 0 Å². The van der Waals surface area contributed by atoms with Gasteiger partial charge in [0.15, 0.2) is 0 Å². The summed E-state index contributed by atoms with van der Waals surface area (Å²) in [7, 11) is 0. The van der Waals surface area contributed by atoms with E-state index in [-0.39, 0.29) is 5.69 Å². The maximum Gasteiger partial charge on any atom is 0.268 e. The Balaban J connectivity index is 2.39. The van der Waals surface area contributed by atoms with Crippen molar-refractivity contribution in [3.8, 4) is 5.13 Å². The summed E-state index contributed by atoms with van der Waals surface area (Å²) in [5, 5.41) is 9.50. The summed E-state index contributed by atoms with van der Waals surface area (Å²) in [6, 6.07) is 0. The van der Waals surface area contributed by atoms with Gasteiger partial charge in [-0.25, -0.2) is 4.98 Å². The molecule has 0 radical (unpaired) electrons. The first-order valence-corrected chi connectivity index (χ1v) is 4.27. The van der Waals surface area contributed by atoms with Crippen LogP contribution in [0.1, 0.15) is 10.5 Å². The molecule has 0 aliphatic rings. The van der Waals surface area contributed by atoms with Crippen LogP contribution in [0.2, 0.25) is 0 Å². The number of amides is 1. The highest BCUT2D eigenvalue weighted by atomic mass is 32.1. The second-order valence-corrected chi connectivity index (χ2v) is 3.06. The fourth-order valence-electron chi connectivity index (χ4n) is 0.793. The highest BCUT2D eigenvalue weighted by Crippen LogP contribution is 2.12. The number of thiazole rings is 1. The van der Waals surface area contributed by atoms with Crippen molar-refractivity contribution in [1.29, 1.82) is 0 Å². The van der Waals surface area contributed by atoms with Crippen molar-refractivity contribution in [3.63, 3.8) is 0 Å². The molecule has 0 atom stereocenters. The maximum absolute atomic E-state index is 10.7. The molecule has 0 saturated carbocycles. The number of aromatic nitrogens is 4. The van der Waals surface area contributed by atoms with Gasteiger partial charge in [-0.1, -0.05) is 5.21 Å². The molecule has 13 heavy (non-hydrogen) atoms. The molecule has 1 amide bonds. The van der Waals surface area contributed by atoms with Gasteiger partial charge in [0.2, 0.25) is 5.13 Å². The van der Waals surface area contributed by atoms with E-state index in [9.17, 15) is 4.79 Å². The third-order valence-corrected chi connectivity index (χ3v) is 2.19. The average Bonchev–Trinajstić information content (AvgIpc) is 2.75. The van der Waals surface area contributed by atoms with Crippen molar-refractivity contribution in [2.45, 2.75) is 0 Å². The molecule has 2 aromatic rings. The number of primary amides is 1. The quantitative estimate of drug-likeness (QED) is 0.720. The Bertz CT molecular complexity index is 420. The molecule has 66 valence electrons. The van der Waals surface area contributed by atoms with Gasteiger partial charge in [-0.2, -0.15) is 4.68 Å². The van der Waals surface area contributed by atoms with Crippen molar-refractivity contribution in [1.82, 2.24) is 20.0 Å². The van der Waals surface area contributed by atoms with Gasteiger partial charge in [0.05, 0.1) is 12.4 Å². The van der Waals surface area contributed by atoms with E-state index in [2.05, 4.69) is 15.3 Å². The monoisotopic (exact) mass is 195 g/mol. The van der Waals surface area contributed by atoms with Crippen LogP contribution >= 0.6 is 11.3 Å². The van der Waals surface area contributed by atoms with E-state index in [0.29, 0.717) is 5.13 Å². The Kier molecular flexibility index (Phi) is 1.78. The number of carbonyl (C=O) groups is 1. The predicted octanol–water partition coefficient (Wildman–Crippen LogP) is -0.177. The molecule has 0 spiro atoms. The zero-order valence-electron chi connectivity index (χ0n) is 6.41. The Morgan fingerprint density at radius 1 is 1.62 bits per heavy atom. The normalized spacial score (nSPS) is 10.2. The summed E-state index contributed by atoms with van der Waals surface area (Å²) in [6.45, 7) is 0. The molecule has 0 bridgehead atoms. The van der Waals surface area contributed by atoms with Gasteiger partial charge in [-0.3, -0.25) is 4.79 Å². The van der Waals surface area contributed by atoms with E-state index in [1.165, 1.54) is 22.2 Å². The molecular formula is C6H5N5OS. The number of rotatable bonds is 2. The summed E-state index contributed by atoms with van der Waals surface area (Å²) in [5.41, 5.74) is 5.29. The number of carbonyl (C=O) groups excluding carboxylic acids is 1. The van der Waals surface area contributed by atoms with Crippen molar-refractivity contribution in [2.75, 3.05) is 0 Å². The van der Waals surface area contributed by atoms with Crippen LogP contribution in [0.5, 0.6) is 0 Å². The lowest BCUT2D eigenvalue weighted by atomic mass is 10.5. The Hall–Kier alpha value is -1.76. The Labute approximate surface area is 77.0 Å². The molecule has 0 fully saturated rings. The number of hydrogen-bond donors (Lipinski definition) is 1. The largest absolute Gasteiger partial charge is 0.364 e. The smallest absolute Gasteiger partial charge is 0.268 e. The van der Waals surface area contributed by atoms with Gasteiger partial charge in [0.1, 0.15) is 5.69 Å². The van der Waals surface area contributed by atoms with Crippen molar-refractivity contribution in [3.05, 3.63) is 23.5 Å². The van der Waals surface area contributed by atoms with E-state index in [1.54, 1.807) is 11.6 Å². The fourth-order valence-corrected chi connectivity index (χ4v) is 1.54. The molecule has 0 aromatic carbocycles. The molecule has 0 unspecified atom stereocenters. The summed E-state index contributed by atoms with van der Waals surface area (Å²) in [4.78, 5) is 14.7. The third-order valence-electron chi connectivity index (χ3n) is 1.36. The zero-order valence-corrected chi connectivity index (χ0v) is 7.23. The molecule has 0 aliphatic carbocycles. The number of nitrogens with two attached hydrogens (primary N) is 1. The third kappa shape index (κ3) is 1.41. The fraction of sp³-hybridized carbons (Fsp3) is 0. The highest BCUT2D eigenvalue weighted by molar-refractivity contribution is 7.12. The average molecular weight is 195 g/mol. The lowest BCUT2D eigenvalue weighted by Crippen LogP contribution is -2.11. The van der Waals surface area contributed by atoms with Crippen LogP contribution in [-0.4, -0.2) is 25.9 Å². The SMILES string of the molecule is NC(=O)c1csc(-n2ccnn2)n1. The minimum Gasteiger partial charge on any atom is -0.364 e. The first-order valence-electron chi connectivity index (χ1n) is 3.39. The summed E-state index contributed by atoms with van der Waals surface area (Å²) in [6.07, 6.45) is 3.18. The minimum atomic E-state index is -0.539. The van der Waals surface area contributed by atoms with Crippen molar-refractivity contribution >= 4 is 17.2 Å². The summed E-state index contributed by atoms with van der Waals surface area (Å²) >= 11 is 1.28. The molecule has 2 heterocycles. The molecule has 2 aromatic heterocycles.